The molecular formula is C19H17Cl2N3O. The number of aryl methyl sites for hydroxylation is 1. The average molecular weight is 374 g/mol. The Morgan fingerprint density at radius 3 is 2.48 bits per heavy atom. The Labute approximate surface area is 156 Å². The Kier molecular flexibility index (Phi) is 5.11. The Morgan fingerprint density at radius 2 is 1.80 bits per heavy atom. The standard InChI is InChI=1S/C19H17Cl2N3O/c1-12-16(13(2)24(23-12)15-6-4-3-5-7-15)11-19(25)22-14-8-9-17(20)18(21)10-14/h3-10H,11H2,1-2H3,(H,22,25). The van der Waals surface area contributed by atoms with Gasteiger partial charge in [-0.05, 0) is 44.2 Å². The van der Waals surface area contributed by atoms with Crippen molar-refractivity contribution in [2.24, 2.45) is 0 Å². The molecule has 128 valence electrons. The number of rotatable bonds is 4. The van der Waals surface area contributed by atoms with Gasteiger partial charge >= 0.3 is 0 Å². The van der Waals surface area contributed by atoms with Gasteiger partial charge in [-0.25, -0.2) is 4.68 Å². The first-order chi connectivity index (χ1) is 12.0. The molecule has 1 N–H and O–H groups in total. The lowest BCUT2D eigenvalue weighted by molar-refractivity contribution is -0.115. The summed E-state index contributed by atoms with van der Waals surface area (Å²) in [6.45, 7) is 3.88. The number of amides is 1. The van der Waals surface area contributed by atoms with Crippen molar-refractivity contribution in [3.63, 3.8) is 0 Å². The van der Waals surface area contributed by atoms with E-state index in [2.05, 4.69) is 10.4 Å². The second-order valence-corrected chi connectivity index (χ2v) is 6.56. The molecule has 25 heavy (non-hydrogen) atoms. The number of nitrogens with one attached hydrogen (secondary N) is 1. The minimum atomic E-state index is -0.128. The second-order valence-electron chi connectivity index (χ2n) is 5.75. The molecule has 0 unspecified atom stereocenters. The van der Waals surface area contributed by atoms with Gasteiger partial charge in [-0.3, -0.25) is 4.79 Å². The lowest BCUT2D eigenvalue weighted by atomic mass is 10.1. The van der Waals surface area contributed by atoms with Crippen molar-refractivity contribution in [3.8, 4) is 5.69 Å². The summed E-state index contributed by atoms with van der Waals surface area (Å²) in [6, 6.07) is 14.9. The molecule has 0 fully saturated rings. The highest BCUT2D eigenvalue weighted by molar-refractivity contribution is 6.42. The van der Waals surface area contributed by atoms with Crippen LogP contribution in [0.1, 0.15) is 17.0 Å². The normalized spacial score (nSPS) is 10.7. The molecule has 0 aliphatic heterocycles. The zero-order valence-corrected chi connectivity index (χ0v) is 15.4. The quantitative estimate of drug-likeness (QED) is 0.700. The van der Waals surface area contributed by atoms with E-state index in [1.807, 2.05) is 48.9 Å². The van der Waals surface area contributed by atoms with E-state index in [0.29, 0.717) is 15.7 Å². The molecule has 3 aromatic rings. The fraction of sp³-hybridized carbons (Fsp3) is 0.158. The zero-order valence-electron chi connectivity index (χ0n) is 13.9. The van der Waals surface area contributed by atoms with Gasteiger partial charge in [0.25, 0.3) is 0 Å². The fourth-order valence-electron chi connectivity index (χ4n) is 2.69. The third-order valence-corrected chi connectivity index (χ3v) is 4.72. The molecule has 1 aromatic heterocycles. The second kappa shape index (κ2) is 7.30. The van der Waals surface area contributed by atoms with Crippen molar-refractivity contribution >= 4 is 34.8 Å². The highest BCUT2D eigenvalue weighted by Gasteiger charge is 2.16. The van der Waals surface area contributed by atoms with E-state index in [0.717, 1.165) is 22.6 Å². The van der Waals surface area contributed by atoms with Gasteiger partial charge in [0.2, 0.25) is 5.91 Å². The number of carbonyl (C=O) groups is 1. The van der Waals surface area contributed by atoms with E-state index in [4.69, 9.17) is 23.2 Å². The van der Waals surface area contributed by atoms with Crippen molar-refractivity contribution in [1.29, 1.82) is 0 Å². The minimum absolute atomic E-state index is 0.128. The molecule has 6 heteroatoms. The lowest BCUT2D eigenvalue weighted by Gasteiger charge is -2.07. The number of halogens is 2. The number of nitrogens with zero attached hydrogens (tertiary/aromatic N) is 2. The van der Waals surface area contributed by atoms with Crippen LogP contribution in [0.15, 0.2) is 48.5 Å². The highest BCUT2D eigenvalue weighted by Crippen LogP contribution is 2.25. The first-order valence-electron chi connectivity index (χ1n) is 7.81. The van der Waals surface area contributed by atoms with E-state index < -0.39 is 0 Å². The summed E-state index contributed by atoms with van der Waals surface area (Å²) in [5, 5.41) is 8.27. The summed E-state index contributed by atoms with van der Waals surface area (Å²) in [7, 11) is 0. The summed E-state index contributed by atoms with van der Waals surface area (Å²) in [5.74, 6) is -0.128. The predicted molar refractivity (Wildman–Crippen MR) is 102 cm³/mol. The maximum absolute atomic E-state index is 12.4. The van der Waals surface area contributed by atoms with Crippen LogP contribution in [0.4, 0.5) is 5.69 Å². The Balaban J connectivity index is 1.79. The van der Waals surface area contributed by atoms with Gasteiger partial charge < -0.3 is 5.32 Å². The van der Waals surface area contributed by atoms with Crippen molar-refractivity contribution in [2.75, 3.05) is 5.32 Å². The number of hydrogen-bond acceptors (Lipinski definition) is 2. The van der Waals surface area contributed by atoms with Gasteiger partial charge in [0.15, 0.2) is 0 Å². The van der Waals surface area contributed by atoms with Crippen LogP contribution in [-0.4, -0.2) is 15.7 Å². The third kappa shape index (κ3) is 3.86. The van der Waals surface area contributed by atoms with E-state index in [1.54, 1.807) is 18.2 Å². The minimum Gasteiger partial charge on any atom is -0.326 e. The fourth-order valence-corrected chi connectivity index (χ4v) is 2.99. The van der Waals surface area contributed by atoms with Crippen LogP contribution in [0.25, 0.3) is 5.69 Å². The molecule has 1 heterocycles. The number of carbonyl (C=O) groups excluding carboxylic acids is 1. The highest BCUT2D eigenvalue weighted by atomic mass is 35.5. The van der Waals surface area contributed by atoms with Gasteiger partial charge in [-0.2, -0.15) is 5.10 Å². The molecule has 0 aliphatic rings. The molecule has 0 atom stereocenters. The van der Waals surface area contributed by atoms with E-state index in [1.165, 1.54) is 0 Å². The van der Waals surface area contributed by atoms with Crippen molar-refractivity contribution in [3.05, 3.63) is 75.5 Å². The molecular weight excluding hydrogens is 357 g/mol. The molecule has 0 spiro atoms. The van der Waals surface area contributed by atoms with Crippen LogP contribution in [0.5, 0.6) is 0 Å². The Morgan fingerprint density at radius 1 is 1.08 bits per heavy atom. The Bertz CT molecular complexity index is 920. The number of anilines is 1. The van der Waals surface area contributed by atoms with Crippen molar-refractivity contribution in [2.45, 2.75) is 20.3 Å². The maximum atomic E-state index is 12.4. The molecule has 0 radical (unpaired) electrons. The Hall–Kier alpha value is -2.30. The molecule has 0 aliphatic carbocycles. The summed E-state index contributed by atoms with van der Waals surface area (Å²) >= 11 is 11.9. The summed E-state index contributed by atoms with van der Waals surface area (Å²) < 4.78 is 1.86. The van der Waals surface area contributed by atoms with E-state index in [9.17, 15) is 4.79 Å². The zero-order chi connectivity index (χ0) is 18.0. The monoisotopic (exact) mass is 373 g/mol. The van der Waals surface area contributed by atoms with Gasteiger partial charge in [0.1, 0.15) is 0 Å². The summed E-state index contributed by atoms with van der Waals surface area (Å²) in [4.78, 5) is 12.4. The predicted octanol–water partition coefficient (Wildman–Crippen LogP) is 4.98. The molecule has 0 saturated heterocycles. The smallest absolute Gasteiger partial charge is 0.228 e. The van der Waals surface area contributed by atoms with Gasteiger partial charge in [-0.15, -0.1) is 0 Å². The first-order valence-corrected chi connectivity index (χ1v) is 8.56. The van der Waals surface area contributed by atoms with Crippen LogP contribution in [-0.2, 0) is 11.2 Å². The first kappa shape index (κ1) is 17.5. The van der Waals surface area contributed by atoms with Gasteiger partial charge in [0, 0.05) is 16.9 Å². The largest absolute Gasteiger partial charge is 0.326 e. The molecule has 2 aromatic carbocycles. The van der Waals surface area contributed by atoms with Gasteiger partial charge in [0.05, 0.1) is 27.8 Å². The van der Waals surface area contributed by atoms with E-state index >= 15 is 0 Å². The molecule has 4 nitrogen and oxygen atoms in total. The van der Waals surface area contributed by atoms with Crippen LogP contribution in [0.3, 0.4) is 0 Å². The van der Waals surface area contributed by atoms with Crippen LogP contribution in [0, 0.1) is 13.8 Å². The molecule has 3 rings (SSSR count). The van der Waals surface area contributed by atoms with Gasteiger partial charge in [-0.1, -0.05) is 41.4 Å². The lowest BCUT2D eigenvalue weighted by Crippen LogP contribution is -2.15. The third-order valence-electron chi connectivity index (χ3n) is 3.98. The molecule has 1 amide bonds. The number of aromatic nitrogens is 2. The number of hydrogen-bond donors (Lipinski definition) is 1. The van der Waals surface area contributed by atoms with Crippen LogP contribution in [0.2, 0.25) is 10.0 Å². The molecule has 0 saturated carbocycles. The SMILES string of the molecule is Cc1nn(-c2ccccc2)c(C)c1CC(=O)Nc1ccc(Cl)c(Cl)c1. The van der Waals surface area contributed by atoms with Crippen molar-refractivity contribution in [1.82, 2.24) is 9.78 Å². The van der Waals surface area contributed by atoms with Crippen LogP contribution < -0.4 is 5.32 Å². The number of benzene rings is 2. The molecule has 0 bridgehead atoms. The summed E-state index contributed by atoms with van der Waals surface area (Å²) in [5.41, 5.74) is 4.30. The average Bonchev–Trinajstić information content (AvgIpc) is 2.87. The topological polar surface area (TPSA) is 46.9 Å². The van der Waals surface area contributed by atoms with Crippen LogP contribution >= 0.6 is 23.2 Å². The number of para-hydroxylation sites is 1. The maximum Gasteiger partial charge on any atom is 0.228 e. The summed E-state index contributed by atoms with van der Waals surface area (Å²) in [6.07, 6.45) is 0.241. The van der Waals surface area contributed by atoms with E-state index in [-0.39, 0.29) is 12.3 Å². The van der Waals surface area contributed by atoms with Crippen molar-refractivity contribution < 1.29 is 4.79 Å².